The Morgan fingerprint density at radius 1 is 1.24 bits per heavy atom. The number of nitriles is 1. The lowest BCUT2D eigenvalue weighted by atomic mass is 10.2. The molecule has 0 aromatic heterocycles. The Hall–Kier alpha value is -2.47. The first-order valence-corrected chi connectivity index (χ1v) is 5.28. The second-order valence-electron chi connectivity index (χ2n) is 3.69. The maximum absolute atomic E-state index is 8.68. The molecule has 83 valence electrons. The molecule has 0 spiro atoms. The molecule has 1 radical (unpaired) electrons. The molecule has 0 unspecified atom stereocenters. The Morgan fingerprint density at radius 2 is 2.00 bits per heavy atom. The molecule has 0 aliphatic heterocycles. The summed E-state index contributed by atoms with van der Waals surface area (Å²) >= 11 is 0. The van der Waals surface area contributed by atoms with E-state index >= 15 is 0 Å². The first-order chi connectivity index (χ1) is 8.28. The summed E-state index contributed by atoms with van der Waals surface area (Å²) in [5.41, 5.74) is 9.03. The fraction of sp³-hybridized carbons (Fsp3) is 0.0714. The molecular formula is C14H12N3. The molecule has 0 fully saturated rings. The fourth-order valence-electron chi connectivity index (χ4n) is 1.51. The van der Waals surface area contributed by atoms with Crippen LogP contribution in [0.25, 0.3) is 0 Å². The van der Waals surface area contributed by atoms with Crippen molar-refractivity contribution in [3.05, 3.63) is 59.7 Å². The highest BCUT2D eigenvalue weighted by atomic mass is 14.9. The third kappa shape index (κ3) is 2.99. The smallest absolute Gasteiger partial charge is 0.0991 e. The average molecular weight is 222 g/mol. The number of rotatable bonds is 3. The zero-order valence-electron chi connectivity index (χ0n) is 9.27. The van der Waals surface area contributed by atoms with Crippen LogP contribution in [0.3, 0.4) is 0 Å². The summed E-state index contributed by atoms with van der Waals surface area (Å²) in [5.74, 6) is 0. The molecule has 3 N–H and O–H groups in total. The van der Waals surface area contributed by atoms with E-state index < -0.39 is 0 Å². The van der Waals surface area contributed by atoms with Gasteiger partial charge in [0.05, 0.1) is 11.6 Å². The predicted octanol–water partition coefficient (Wildman–Crippen LogP) is 2.55. The lowest BCUT2D eigenvalue weighted by Crippen LogP contribution is -1.99. The Balaban J connectivity index is 2.00. The van der Waals surface area contributed by atoms with E-state index in [2.05, 4.69) is 17.5 Å². The van der Waals surface area contributed by atoms with Crippen molar-refractivity contribution in [2.45, 2.75) is 6.54 Å². The molecule has 2 rings (SSSR count). The second kappa shape index (κ2) is 5.04. The van der Waals surface area contributed by atoms with Crippen molar-refractivity contribution in [2.24, 2.45) is 0 Å². The van der Waals surface area contributed by atoms with E-state index in [0.29, 0.717) is 17.8 Å². The highest BCUT2D eigenvalue weighted by molar-refractivity contribution is 5.48. The van der Waals surface area contributed by atoms with Gasteiger partial charge in [-0.15, -0.1) is 0 Å². The minimum absolute atomic E-state index is 0.643. The van der Waals surface area contributed by atoms with Gasteiger partial charge in [0.25, 0.3) is 0 Å². The number of nitrogens with two attached hydrogens (primary N) is 1. The van der Waals surface area contributed by atoms with Crippen molar-refractivity contribution in [1.82, 2.24) is 0 Å². The monoisotopic (exact) mass is 222 g/mol. The number of nitrogens with one attached hydrogen (secondary N) is 1. The van der Waals surface area contributed by atoms with E-state index in [1.54, 1.807) is 12.1 Å². The highest BCUT2D eigenvalue weighted by Gasteiger charge is 1.95. The first kappa shape index (κ1) is 11.0. The van der Waals surface area contributed by atoms with Gasteiger partial charge in [-0.1, -0.05) is 12.1 Å². The Kier molecular flexibility index (Phi) is 3.27. The van der Waals surface area contributed by atoms with E-state index in [0.717, 1.165) is 11.3 Å². The number of nitrogen functional groups attached to an aromatic ring is 1. The minimum Gasteiger partial charge on any atom is -0.398 e. The van der Waals surface area contributed by atoms with Crippen LogP contribution in [0, 0.1) is 17.4 Å². The average Bonchev–Trinajstić information content (AvgIpc) is 2.37. The number of benzene rings is 2. The molecule has 0 aliphatic rings. The van der Waals surface area contributed by atoms with Gasteiger partial charge >= 0.3 is 0 Å². The zero-order chi connectivity index (χ0) is 12.1. The quantitative estimate of drug-likeness (QED) is 0.784. The molecular weight excluding hydrogens is 210 g/mol. The highest BCUT2D eigenvalue weighted by Crippen LogP contribution is 2.12. The largest absolute Gasteiger partial charge is 0.398 e. The molecule has 3 nitrogen and oxygen atoms in total. The van der Waals surface area contributed by atoms with Gasteiger partial charge in [0.15, 0.2) is 0 Å². The van der Waals surface area contributed by atoms with Gasteiger partial charge in [0.2, 0.25) is 0 Å². The van der Waals surface area contributed by atoms with Crippen LogP contribution in [0.4, 0.5) is 11.4 Å². The Morgan fingerprint density at radius 3 is 2.65 bits per heavy atom. The van der Waals surface area contributed by atoms with Crippen molar-refractivity contribution in [3.8, 4) is 6.07 Å². The van der Waals surface area contributed by atoms with Crippen LogP contribution in [0.1, 0.15) is 11.1 Å². The molecule has 0 amide bonds. The zero-order valence-corrected chi connectivity index (χ0v) is 9.27. The van der Waals surface area contributed by atoms with Crippen LogP contribution in [-0.4, -0.2) is 0 Å². The normalized spacial score (nSPS) is 9.59. The van der Waals surface area contributed by atoms with Crippen LogP contribution in [0.5, 0.6) is 0 Å². The van der Waals surface area contributed by atoms with Crippen molar-refractivity contribution >= 4 is 11.4 Å². The molecule has 17 heavy (non-hydrogen) atoms. The summed E-state index contributed by atoms with van der Waals surface area (Å²) in [7, 11) is 0. The van der Waals surface area contributed by atoms with E-state index in [-0.39, 0.29) is 0 Å². The predicted molar refractivity (Wildman–Crippen MR) is 68.2 cm³/mol. The van der Waals surface area contributed by atoms with E-state index in [4.69, 9.17) is 11.0 Å². The van der Waals surface area contributed by atoms with E-state index in [1.165, 1.54) is 0 Å². The van der Waals surface area contributed by atoms with Gasteiger partial charge in [-0.3, -0.25) is 0 Å². The molecule has 0 heterocycles. The molecule has 0 saturated carbocycles. The van der Waals surface area contributed by atoms with Crippen LogP contribution < -0.4 is 11.1 Å². The maximum Gasteiger partial charge on any atom is 0.0991 e. The number of hydrogen-bond donors (Lipinski definition) is 2. The number of anilines is 2. The SMILES string of the molecule is N#Cc1ccc(NCc2cc[c]c(N)c2)cc1. The van der Waals surface area contributed by atoms with Crippen LogP contribution in [-0.2, 0) is 6.54 Å². The maximum atomic E-state index is 8.68. The second-order valence-corrected chi connectivity index (χ2v) is 3.69. The van der Waals surface area contributed by atoms with Crippen LogP contribution >= 0.6 is 0 Å². The summed E-state index contributed by atoms with van der Waals surface area (Å²) in [6.45, 7) is 0.699. The summed E-state index contributed by atoms with van der Waals surface area (Å²) < 4.78 is 0. The molecule has 0 atom stereocenters. The topological polar surface area (TPSA) is 61.8 Å². The minimum atomic E-state index is 0.643. The summed E-state index contributed by atoms with van der Waals surface area (Å²) in [4.78, 5) is 0. The van der Waals surface area contributed by atoms with Crippen molar-refractivity contribution in [1.29, 1.82) is 5.26 Å². The lowest BCUT2D eigenvalue weighted by Gasteiger charge is -2.06. The standard InChI is InChI=1S/C14H12N3/c15-9-11-4-6-14(7-5-11)17-10-12-2-1-3-13(16)8-12/h1-2,4-8,17H,10,16H2. The fourth-order valence-corrected chi connectivity index (χ4v) is 1.51. The molecule has 2 aromatic carbocycles. The van der Waals surface area contributed by atoms with Gasteiger partial charge in [-0.25, -0.2) is 0 Å². The van der Waals surface area contributed by atoms with Crippen molar-refractivity contribution < 1.29 is 0 Å². The summed E-state index contributed by atoms with van der Waals surface area (Å²) in [6, 6.07) is 18.0. The molecule has 0 saturated heterocycles. The molecule has 2 aromatic rings. The first-order valence-electron chi connectivity index (χ1n) is 5.28. The molecule has 0 aliphatic carbocycles. The Labute approximate surface area is 101 Å². The number of hydrogen-bond acceptors (Lipinski definition) is 3. The molecule has 3 heteroatoms. The number of nitrogens with zero attached hydrogens (tertiary/aromatic N) is 1. The Bertz CT molecular complexity index is 538. The van der Waals surface area contributed by atoms with Crippen LogP contribution in [0.15, 0.2) is 42.5 Å². The van der Waals surface area contributed by atoms with Gasteiger partial charge in [-0.05, 0) is 35.9 Å². The van der Waals surface area contributed by atoms with E-state index in [1.807, 2.05) is 30.3 Å². The summed E-state index contributed by atoms with van der Waals surface area (Å²) in [6.07, 6.45) is 0. The third-order valence-electron chi connectivity index (χ3n) is 2.40. The van der Waals surface area contributed by atoms with Gasteiger partial charge in [0, 0.05) is 24.0 Å². The van der Waals surface area contributed by atoms with Crippen molar-refractivity contribution in [2.75, 3.05) is 11.1 Å². The van der Waals surface area contributed by atoms with Crippen LogP contribution in [0.2, 0.25) is 0 Å². The summed E-state index contributed by atoms with van der Waals surface area (Å²) in [5, 5.41) is 11.9. The lowest BCUT2D eigenvalue weighted by molar-refractivity contribution is 1.15. The molecule has 0 bridgehead atoms. The third-order valence-corrected chi connectivity index (χ3v) is 2.40. The van der Waals surface area contributed by atoms with Gasteiger partial charge in [-0.2, -0.15) is 5.26 Å². The van der Waals surface area contributed by atoms with Gasteiger partial charge in [0.1, 0.15) is 0 Å². The van der Waals surface area contributed by atoms with Crippen molar-refractivity contribution in [3.63, 3.8) is 0 Å². The van der Waals surface area contributed by atoms with E-state index in [9.17, 15) is 0 Å². The van der Waals surface area contributed by atoms with Gasteiger partial charge < -0.3 is 11.1 Å².